The Morgan fingerprint density at radius 1 is 1.26 bits per heavy atom. The minimum absolute atomic E-state index is 0.0920. The van der Waals surface area contributed by atoms with Crippen molar-refractivity contribution in [3.8, 4) is 10.4 Å². The molecule has 0 amide bonds. The maximum Gasteiger partial charge on any atom is 0.259 e. The highest BCUT2D eigenvalue weighted by molar-refractivity contribution is 7.98. The number of hydrogen-bond acceptors (Lipinski definition) is 6. The van der Waals surface area contributed by atoms with E-state index >= 15 is 0 Å². The van der Waals surface area contributed by atoms with Crippen molar-refractivity contribution in [1.82, 2.24) is 24.7 Å². The van der Waals surface area contributed by atoms with E-state index in [0.717, 1.165) is 26.3 Å². The van der Waals surface area contributed by atoms with Gasteiger partial charge in [-0.15, -0.1) is 21.5 Å². The molecular weight excluding hydrogens is 378 g/mol. The molecule has 136 valence electrons. The zero-order valence-electron chi connectivity index (χ0n) is 14.7. The Bertz CT molecular complexity index is 1170. The third kappa shape index (κ3) is 3.19. The first kappa shape index (κ1) is 16.7. The summed E-state index contributed by atoms with van der Waals surface area (Å²) in [6.07, 6.45) is 2.40. The number of thioether (sulfide) groups is 1. The molecule has 0 spiro atoms. The smallest absolute Gasteiger partial charge is 0.259 e. The van der Waals surface area contributed by atoms with Crippen LogP contribution in [0.4, 0.5) is 0 Å². The van der Waals surface area contributed by atoms with Crippen molar-refractivity contribution in [2.24, 2.45) is 7.05 Å². The second-order valence-corrected chi connectivity index (χ2v) is 8.64. The molecule has 0 bridgehead atoms. The van der Waals surface area contributed by atoms with Gasteiger partial charge in [-0.2, -0.15) is 0 Å². The van der Waals surface area contributed by atoms with Gasteiger partial charge in [0.05, 0.1) is 11.1 Å². The molecule has 4 aromatic rings. The van der Waals surface area contributed by atoms with Crippen LogP contribution in [0.25, 0.3) is 20.7 Å². The quantitative estimate of drug-likeness (QED) is 0.518. The van der Waals surface area contributed by atoms with Gasteiger partial charge in [0.2, 0.25) is 0 Å². The maximum absolute atomic E-state index is 12.5. The number of aromatic amines is 1. The molecule has 1 N–H and O–H groups in total. The van der Waals surface area contributed by atoms with Gasteiger partial charge in [0.15, 0.2) is 5.16 Å². The van der Waals surface area contributed by atoms with Crippen LogP contribution in [0.5, 0.6) is 0 Å². The van der Waals surface area contributed by atoms with Crippen molar-refractivity contribution >= 4 is 33.3 Å². The zero-order valence-corrected chi connectivity index (χ0v) is 16.3. The van der Waals surface area contributed by atoms with E-state index in [9.17, 15) is 4.79 Å². The second-order valence-electron chi connectivity index (χ2n) is 6.67. The number of hydrogen-bond donors (Lipinski definition) is 1. The van der Waals surface area contributed by atoms with Crippen LogP contribution in [0.15, 0.2) is 46.3 Å². The molecule has 1 fully saturated rings. The summed E-state index contributed by atoms with van der Waals surface area (Å²) in [5.41, 5.74) is 1.01. The summed E-state index contributed by atoms with van der Waals surface area (Å²) in [6.45, 7) is 0. The number of nitrogens with zero attached hydrogens (tertiary/aromatic N) is 4. The number of H-pyrrole nitrogens is 1. The summed E-state index contributed by atoms with van der Waals surface area (Å²) in [5, 5.41) is 10.1. The fourth-order valence-electron chi connectivity index (χ4n) is 3.07. The van der Waals surface area contributed by atoms with E-state index in [1.54, 1.807) is 23.1 Å². The van der Waals surface area contributed by atoms with Gasteiger partial charge >= 0.3 is 0 Å². The van der Waals surface area contributed by atoms with Crippen molar-refractivity contribution < 1.29 is 0 Å². The van der Waals surface area contributed by atoms with Crippen LogP contribution in [0.2, 0.25) is 0 Å². The van der Waals surface area contributed by atoms with Crippen LogP contribution < -0.4 is 5.56 Å². The monoisotopic (exact) mass is 395 g/mol. The third-order valence-electron chi connectivity index (χ3n) is 4.66. The molecule has 0 saturated heterocycles. The van der Waals surface area contributed by atoms with Gasteiger partial charge < -0.3 is 9.55 Å². The van der Waals surface area contributed by atoms with E-state index in [1.807, 2.05) is 43.4 Å². The summed E-state index contributed by atoms with van der Waals surface area (Å²) < 4.78 is 2.05. The lowest BCUT2D eigenvalue weighted by atomic mass is 10.2. The topological polar surface area (TPSA) is 76.5 Å². The number of benzene rings is 1. The molecule has 3 aromatic heterocycles. The molecule has 0 unspecified atom stereocenters. The number of aromatic nitrogens is 5. The van der Waals surface area contributed by atoms with Crippen molar-refractivity contribution in [2.45, 2.75) is 29.7 Å². The van der Waals surface area contributed by atoms with Gasteiger partial charge in [-0.25, -0.2) is 4.98 Å². The zero-order chi connectivity index (χ0) is 18.4. The average molecular weight is 396 g/mol. The van der Waals surface area contributed by atoms with Crippen LogP contribution in [0.3, 0.4) is 0 Å². The van der Waals surface area contributed by atoms with Gasteiger partial charge in [-0.3, -0.25) is 4.79 Å². The minimum Gasteiger partial charge on any atom is -0.309 e. The predicted molar refractivity (Wildman–Crippen MR) is 108 cm³/mol. The predicted octanol–water partition coefficient (Wildman–Crippen LogP) is 3.95. The number of nitrogens with one attached hydrogen (secondary N) is 1. The van der Waals surface area contributed by atoms with Gasteiger partial charge in [0, 0.05) is 17.8 Å². The van der Waals surface area contributed by atoms with E-state index in [1.165, 1.54) is 12.8 Å². The van der Waals surface area contributed by atoms with Crippen molar-refractivity contribution in [2.75, 3.05) is 0 Å². The molecule has 3 heterocycles. The first-order chi connectivity index (χ1) is 13.2. The van der Waals surface area contributed by atoms with Crippen LogP contribution in [0, 0.1) is 0 Å². The summed E-state index contributed by atoms with van der Waals surface area (Å²) in [4.78, 5) is 21.9. The number of fused-ring (bicyclic) bond motifs is 1. The van der Waals surface area contributed by atoms with Crippen LogP contribution in [-0.4, -0.2) is 24.7 Å². The molecule has 1 aromatic carbocycles. The van der Waals surface area contributed by atoms with E-state index < -0.39 is 0 Å². The van der Waals surface area contributed by atoms with Crippen LogP contribution >= 0.6 is 23.1 Å². The van der Waals surface area contributed by atoms with Gasteiger partial charge in [0.1, 0.15) is 16.5 Å². The molecule has 0 aliphatic heterocycles. The lowest BCUT2D eigenvalue weighted by Crippen LogP contribution is -2.10. The van der Waals surface area contributed by atoms with Crippen molar-refractivity contribution in [1.29, 1.82) is 0 Å². The molecule has 0 radical (unpaired) electrons. The Balaban J connectivity index is 1.41. The first-order valence-corrected chi connectivity index (χ1v) is 10.6. The van der Waals surface area contributed by atoms with E-state index in [2.05, 4.69) is 24.7 Å². The lowest BCUT2D eigenvalue weighted by molar-refractivity contribution is 0.736. The normalized spacial score (nSPS) is 14.1. The summed E-state index contributed by atoms with van der Waals surface area (Å²) in [5.74, 6) is 2.84. The molecule has 27 heavy (non-hydrogen) atoms. The molecule has 1 aliphatic rings. The molecule has 1 saturated carbocycles. The molecule has 5 rings (SSSR count). The molecule has 6 nitrogen and oxygen atoms in total. The highest BCUT2D eigenvalue weighted by atomic mass is 32.2. The summed E-state index contributed by atoms with van der Waals surface area (Å²) in [6, 6.07) is 12.0. The molecule has 8 heteroatoms. The Kier molecular flexibility index (Phi) is 4.09. The standard InChI is InChI=1S/C19H17N5OS2/c1-24-16(12-7-8-12)22-23-19(24)26-10-15-20-17(25)13-9-14(27-18(13)21-15)11-5-3-2-4-6-11/h2-6,9,12H,7-8,10H2,1H3,(H,20,21,25). The number of thiophene rings is 1. The highest BCUT2D eigenvalue weighted by Gasteiger charge is 2.29. The van der Waals surface area contributed by atoms with Gasteiger partial charge in [-0.05, 0) is 24.5 Å². The maximum atomic E-state index is 12.5. The fraction of sp³-hybridized carbons (Fsp3) is 0.263. The van der Waals surface area contributed by atoms with Crippen molar-refractivity contribution in [3.63, 3.8) is 0 Å². The Morgan fingerprint density at radius 2 is 2.07 bits per heavy atom. The molecule has 1 aliphatic carbocycles. The number of rotatable bonds is 5. The Labute approximate surface area is 163 Å². The molecule has 0 atom stereocenters. The average Bonchev–Trinajstić information content (AvgIpc) is 3.32. The highest BCUT2D eigenvalue weighted by Crippen LogP contribution is 2.39. The van der Waals surface area contributed by atoms with Gasteiger partial charge in [-0.1, -0.05) is 42.1 Å². The van der Waals surface area contributed by atoms with Crippen LogP contribution in [0.1, 0.15) is 30.4 Å². The SMILES string of the molecule is Cn1c(SCc2nc3sc(-c4ccccc4)cc3c(=O)[nH]2)nnc1C1CC1. The summed E-state index contributed by atoms with van der Waals surface area (Å²) >= 11 is 3.09. The Morgan fingerprint density at radius 3 is 2.85 bits per heavy atom. The largest absolute Gasteiger partial charge is 0.309 e. The van der Waals surface area contributed by atoms with Gasteiger partial charge in [0.25, 0.3) is 5.56 Å². The third-order valence-corrected chi connectivity index (χ3v) is 6.77. The second kappa shape index (κ2) is 6.61. The Hall–Kier alpha value is -2.45. The van der Waals surface area contributed by atoms with E-state index in [-0.39, 0.29) is 5.56 Å². The lowest BCUT2D eigenvalue weighted by Gasteiger charge is -2.02. The molecular formula is C19H17N5OS2. The van der Waals surface area contributed by atoms with Crippen LogP contribution in [-0.2, 0) is 12.8 Å². The first-order valence-electron chi connectivity index (χ1n) is 8.79. The summed E-state index contributed by atoms with van der Waals surface area (Å²) in [7, 11) is 2.00. The van der Waals surface area contributed by atoms with E-state index in [0.29, 0.717) is 22.9 Å². The minimum atomic E-state index is -0.0920. The van der Waals surface area contributed by atoms with Crippen molar-refractivity contribution in [3.05, 3.63) is 58.4 Å². The fourth-order valence-corrected chi connectivity index (χ4v) is 4.92. The van der Waals surface area contributed by atoms with E-state index in [4.69, 9.17) is 0 Å².